The summed E-state index contributed by atoms with van der Waals surface area (Å²) in [7, 11) is 1.34. The van der Waals surface area contributed by atoms with Crippen LogP contribution in [-0.2, 0) is 43.6 Å². The fraction of sp³-hybridized carbons (Fsp3) is 0.233. The van der Waals surface area contributed by atoms with Crippen LogP contribution in [0.4, 0.5) is 0 Å². The van der Waals surface area contributed by atoms with Gasteiger partial charge in [-0.15, -0.1) is 6.58 Å². The van der Waals surface area contributed by atoms with Crippen LogP contribution >= 0.6 is 0 Å². The smallest absolute Gasteiger partial charge is 0.330 e. The van der Waals surface area contributed by atoms with Gasteiger partial charge in [0.05, 0.1) is 26.9 Å². The molecule has 182 valence electrons. The first-order valence-electron chi connectivity index (χ1n) is 11.5. The summed E-state index contributed by atoms with van der Waals surface area (Å²) >= 11 is 0. The van der Waals surface area contributed by atoms with Crippen LogP contribution < -0.4 is 0 Å². The second-order valence-electron chi connectivity index (χ2n) is 7.90. The third-order valence-corrected chi connectivity index (χ3v) is 5.36. The van der Waals surface area contributed by atoms with Crippen LogP contribution in [0, 0.1) is 0 Å². The van der Waals surface area contributed by atoms with E-state index in [0.29, 0.717) is 19.8 Å². The minimum absolute atomic E-state index is 0.338. The van der Waals surface area contributed by atoms with Gasteiger partial charge in [0.2, 0.25) is 0 Å². The van der Waals surface area contributed by atoms with Crippen molar-refractivity contribution in [1.29, 1.82) is 0 Å². The van der Waals surface area contributed by atoms with Crippen molar-refractivity contribution in [2.24, 2.45) is 0 Å². The molecule has 3 rings (SSSR count). The first-order chi connectivity index (χ1) is 17.2. The Morgan fingerprint density at radius 3 is 1.57 bits per heavy atom. The topological polar surface area (TPSA) is 54.0 Å². The maximum Gasteiger partial charge on any atom is 0.330 e. The van der Waals surface area contributed by atoms with Gasteiger partial charge in [-0.3, -0.25) is 0 Å². The molecule has 0 N–H and O–H groups in total. The number of hydrogen-bond donors (Lipinski definition) is 0. The number of rotatable bonds is 14. The van der Waals surface area contributed by atoms with Gasteiger partial charge in [-0.05, 0) is 22.8 Å². The summed E-state index contributed by atoms with van der Waals surface area (Å²) in [5.74, 6) is -0.472. The molecule has 0 aliphatic rings. The minimum Gasteiger partial charge on any atom is -0.466 e. The zero-order valence-corrected chi connectivity index (χ0v) is 20.0. The lowest BCUT2D eigenvalue weighted by atomic mass is 10.1. The lowest BCUT2D eigenvalue weighted by molar-refractivity contribution is -0.135. The van der Waals surface area contributed by atoms with Crippen LogP contribution in [0.2, 0.25) is 0 Å². The molecule has 0 unspecified atom stereocenters. The van der Waals surface area contributed by atoms with Gasteiger partial charge in [-0.2, -0.15) is 0 Å². The predicted octanol–water partition coefficient (Wildman–Crippen LogP) is 5.66. The molecule has 3 aromatic rings. The van der Waals surface area contributed by atoms with E-state index in [1.165, 1.54) is 13.2 Å². The van der Waals surface area contributed by atoms with E-state index in [-0.39, 0.29) is 0 Å². The van der Waals surface area contributed by atoms with Crippen molar-refractivity contribution >= 4 is 5.97 Å². The van der Waals surface area contributed by atoms with Crippen molar-refractivity contribution in [2.75, 3.05) is 7.11 Å². The van der Waals surface area contributed by atoms with Crippen molar-refractivity contribution < 1.29 is 23.7 Å². The average molecular weight is 473 g/mol. The normalized spacial score (nSPS) is 13.7. The molecule has 0 amide bonds. The highest BCUT2D eigenvalue weighted by molar-refractivity contribution is 5.81. The molecule has 0 saturated heterocycles. The van der Waals surface area contributed by atoms with Gasteiger partial charge in [0, 0.05) is 6.08 Å². The summed E-state index contributed by atoms with van der Waals surface area (Å²) in [4.78, 5) is 11.9. The maximum atomic E-state index is 11.9. The van der Waals surface area contributed by atoms with Gasteiger partial charge in [-0.1, -0.05) is 97.1 Å². The SMILES string of the molecule is C=C[C@H](OCc1ccccc1)[C@@H](OCc1ccccc1)[C@@H](/C=C/C(=O)OC)OCc1ccccc1. The van der Waals surface area contributed by atoms with E-state index in [4.69, 9.17) is 18.9 Å². The van der Waals surface area contributed by atoms with Crippen molar-refractivity contribution in [3.05, 3.63) is 132 Å². The standard InChI is InChI=1S/C30H32O5/c1-3-27(33-21-24-13-7-4-8-14-24)30(35-23-26-17-11-6-12-18-26)28(19-20-29(31)32-2)34-22-25-15-9-5-10-16-25/h3-20,27-28,30H,1,21-23H2,2H3/b20-19+/t27-,28+,30+/m0/s1. The monoisotopic (exact) mass is 472 g/mol. The van der Waals surface area contributed by atoms with Crippen LogP contribution in [0.5, 0.6) is 0 Å². The summed E-state index contributed by atoms with van der Waals surface area (Å²) in [6.45, 7) is 5.06. The molecular weight excluding hydrogens is 440 g/mol. The Morgan fingerprint density at radius 2 is 1.14 bits per heavy atom. The third kappa shape index (κ3) is 8.98. The molecule has 0 aliphatic heterocycles. The maximum absolute atomic E-state index is 11.9. The molecule has 5 heteroatoms. The summed E-state index contributed by atoms with van der Waals surface area (Å²) in [6, 6.07) is 29.6. The van der Waals surface area contributed by atoms with Gasteiger partial charge >= 0.3 is 5.97 Å². The summed E-state index contributed by atoms with van der Waals surface area (Å²) < 4.78 is 23.6. The number of hydrogen-bond acceptors (Lipinski definition) is 5. The van der Waals surface area contributed by atoms with Crippen molar-refractivity contribution in [2.45, 2.75) is 38.1 Å². The Hall–Kier alpha value is -3.51. The number of carbonyl (C=O) groups excluding carboxylic acids is 1. The number of carbonyl (C=O) groups is 1. The Balaban J connectivity index is 1.83. The van der Waals surface area contributed by atoms with E-state index in [2.05, 4.69) is 6.58 Å². The van der Waals surface area contributed by atoms with Crippen LogP contribution in [0.15, 0.2) is 116 Å². The van der Waals surface area contributed by atoms with E-state index in [9.17, 15) is 4.79 Å². The molecule has 0 heterocycles. The van der Waals surface area contributed by atoms with E-state index in [0.717, 1.165) is 16.7 Å². The molecule has 0 radical (unpaired) electrons. The average Bonchev–Trinajstić information content (AvgIpc) is 2.92. The highest BCUT2D eigenvalue weighted by atomic mass is 16.6. The van der Waals surface area contributed by atoms with E-state index in [1.54, 1.807) is 12.2 Å². The Labute approximate surface area is 207 Å². The zero-order chi connectivity index (χ0) is 24.7. The van der Waals surface area contributed by atoms with Crippen molar-refractivity contribution in [3.63, 3.8) is 0 Å². The fourth-order valence-electron chi connectivity index (χ4n) is 3.48. The molecule has 5 nitrogen and oxygen atoms in total. The molecule has 3 aromatic carbocycles. The molecule has 0 bridgehead atoms. The lowest BCUT2D eigenvalue weighted by Gasteiger charge is -2.31. The number of methoxy groups -OCH3 is 1. The Morgan fingerprint density at radius 1 is 0.714 bits per heavy atom. The van der Waals surface area contributed by atoms with E-state index >= 15 is 0 Å². The van der Waals surface area contributed by atoms with Crippen LogP contribution in [0.1, 0.15) is 16.7 Å². The van der Waals surface area contributed by atoms with Crippen molar-refractivity contribution in [1.82, 2.24) is 0 Å². The highest BCUT2D eigenvalue weighted by Crippen LogP contribution is 2.20. The number of ether oxygens (including phenoxy) is 4. The lowest BCUT2D eigenvalue weighted by Crippen LogP contribution is -2.41. The van der Waals surface area contributed by atoms with Gasteiger partial charge in [0.15, 0.2) is 0 Å². The van der Waals surface area contributed by atoms with Crippen LogP contribution in [0.25, 0.3) is 0 Å². The highest BCUT2D eigenvalue weighted by Gasteiger charge is 2.29. The van der Waals surface area contributed by atoms with E-state index < -0.39 is 24.3 Å². The molecule has 0 saturated carbocycles. The summed E-state index contributed by atoms with van der Waals surface area (Å²) in [5.41, 5.74) is 3.06. The molecule has 3 atom stereocenters. The number of benzene rings is 3. The first kappa shape index (κ1) is 26.1. The minimum atomic E-state index is -0.600. The third-order valence-electron chi connectivity index (χ3n) is 5.36. The molecule has 35 heavy (non-hydrogen) atoms. The Kier molecular flexibility index (Phi) is 11.0. The second-order valence-corrected chi connectivity index (χ2v) is 7.90. The summed E-state index contributed by atoms with van der Waals surface area (Å²) in [6.07, 6.45) is 3.06. The predicted molar refractivity (Wildman–Crippen MR) is 136 cm³/mol. The van der Waals surface area contributed by atoms with Gasteiger partial charge < -0.3 is 18.9 Å². The fourth-order valence-corrected chi connectivity index (χ4v) is 3.48. The molecule has 0 fully saturated rings. The molecule has 0 aliphatic carbocycles. The quantitative estimate of drug-likeness (QED) is 0.172. The van der Waals surface area contributed by atoms with Gasteiger partial charge in [0.25, 0.3) is 0 Å². The van der Waals surface area contributed by atoms with Crippen molar-refractivity contribution in [3.8, 4) is 0 Å². The van der Waals surface area contributed by atoms with Gasteiger partial charge in [-0.25, -0.2) is 4.79 Å². The second kappa shape index (κ2) is 14.7. The zero-order valence-electron chi connectivity index (χ0n) is 20.0. The van der Waals surface area contributed by atoms with Crippen LogP contribution in [-0.4, -0.2) is 31.4 Å². The number of esters is 1. The first-order valence-corrected chi connectivity index (χ1v) is 11.5. The Bertz CT molecular complexity index is 1030. The summed E-state index contributed by atoms with van der Waals surface area (Å²) in [5, 5.41) is 0. The van der Waals surface area contributed by atoms with Gasteiger partial charge in [0.1, 0.15) is 18.3 Å². The van der Waals surface area contributed by atoms with Crippen LogP contribution in [0.3, 0.4) is 0 Å². The molecular formula is C30H32O5. The molecule has 0 spiro atoms. The largest absolute Gasteiger partial charge is 0.466 e. The van der Waals surface area contributed by atoms with E-state index in [1.807, 2.05) is 91.0 Å². The molecule has 0 aromatic heterocycles.